The lowest BCUT2D eigenvalue weighted by atomic mass is 10.2. The van der Waals surface area contributed by atoms with Crippen LogP contribution in [0.2, 0.25) is 0 Å². The predicted octanol–water partition coefficient (Wildman–Crippen LogP) is 4.52. The molecule has 2 heterocycles. The summed E-state index contributed by atoms with van der Waals surface area (Å²) < 4.78 is 0. The Bertz CT molecular complexity index is 735. The molecule has 0 saturated heterocycles. The zero-order valence-electron chi connectivity index (χ0n) is 12.6. The van der Waals surface area contributed by atoms with Gasteiger partial charge in [0.05, 0.1) is 0 Å². The number of nitrogens with one attached hydrogen (secondary N) is 2. The molecule has 0 fully saturated rings. The van der Waals surface area contributed by atoms with E-state index in [9.17, 15) is 4.79 Å². The highest BCUT2D eigenvalue weighted by Gasteiger charge is 2.05. The quantitative estimate of drug-likeness (QED) is 0.679. The number of carbonyl (C=O) groups excluding carboxylic acids is 1. The molecule has 3 rings (SSSR count). The van der Waals surface area contributed by atoms with Gasteiger partial charge in [0.15, 0.2) is 0 Å². The van der Waals surface area contributed by atoms with E-state index in [1.165, 1.54) is 14.6 Å². The second-order valence-corrected chi connectivity index (χ2v) is 7.20. The van der Waals surface area contributed by atoms with Crippen LogP contribution in [-0.4, -0.2) is 12.6 Å². The first kappa shape index (κ1) is 15.8. The highest BCUT2D eigenvalue weighted by Crippen LogP contribution is 2.31. The summed E-state index contributed by atoms with van der Waals surface area (Å²) in [5, 5.41) is 7.86. The molecule has 0 aliphatic rings. The van der Waals surface area contributed by atoms with Gasteiger partial charge < -0.3 is 10.6 Å². The van der Waals surface area contributed by atoms with Gasteiger partial charge in [-0.1, -0.05) is 36.4 Å². The third-order valence-corrected chi connectivity index (χ3v) is 5.59. The molecule has 0 saturated carbocycles. The fourth-order valence-electron chi connectivity index (χ4n) is 2.20. The van der Waals surface area contributed by atoms with Crippen molar-refractivity contribution in [2.75, 3.05) is 6.54 Å². The molecule has 0 aliphatic carbocycles. The molecule has 118 valence electrons. The van der Waals surface area contributed by atoms with E-state index in [-0.39, 0.29) is 6.03 Å². The number of amides is 2. The lowest BCUT2D eigenvalue weighted by Crippen LogP contribution is -2.36. The van der Waals surface area contributed by atoms with Crippen molar-refractivity contribution in [1.29, 1.82) is 0 Å². The van der Waals surface area contributed by atoms with Crippen LogP contribution in [0.4, 0.5) is 4.79 Å². The number of hydrogen-bond acceptors (Lipinski definition) is 3. The molecule has 0 spiro atoms. The van der Waals surface area contributed by atoms with E-state index in [1.54, 1.807) is 22.7 Å². The van der Waals surface area contributed by atoms with Crippen molar-refractivity contribution < 1.29 is 4.79 Å². The van der Waals surface area contributed by atoms with E-state index >= 15 is 0 Å². The minimum atomic E-state index is -0.121. The van der Waals surface area contributed by atoms with Gasteiger partial charge in [-0.3, -0.25) is 0 Å². The van der Waals surface area contributed by atoms with Gasteiger partial charge in [-0.05, 0) is 35.6 Å². The van der Waals surface area contributed by atoms with E-state index in [4.69, 9.17) is 0 Å². The molecular weight excluding hydrogens is 324 g/mol. The Kier molecular flexibility index (Phi) is 5.45. The first-order valence-electron chi connectivity index (χ1n) is 7.49. The maximum Gasteiger partial charge on any atom is 0.315 e. The third-order valence-electron chi connectivity index (χ3n) is 3.38. The summed E-state index contributed by atoms with van der Waals surface area (Å²) in [6, 6.07) is 18.3. The molecule has 23 heavy (non-hydrogen) atoms. The van der Waals surface area contributed by atoms with Gasteiger partial charge >= 0.3 is 6.03 Å². The summed E-state index contributed by atoms with van der Waals surface area (Å²) in [5.74, 6) is 0. The highest BCUT2D eigenvalue weighted by molar-refractivity contribution is 7.21. The summed E-state index contributed by atoms with van der Waals surface area (Å²) in [6.45, 7) is 1.19. The Balaban J connectivity index is 1.40. The van der Waals surface area contributed by atoms with Crippen LogP contribution >= 0.6 is 22.7 Å². The predicted molar refractivity (Wildman–Crippen MR) is 98.0 cm³/mol. The Labute approximate surface area is 144 Å². The number of carbonyl (C=O) groups is 1. The van der Waals surface area contributed by atoms with Crippen LogP contribution in [0.15, 0.2) is 60.0 Å². The monoisotopic (exact) mass is 342 g/mol. The van der Waals surface area contributed by atoms with Crippen molar-refractivity contribution in [3.05, 3.63) is 70.4 Å². The topological polar surface area (TPSA) is 41.1 Å². The molecule has 0 atom stereocenters. The summed E-state index contributed by atoms with van der Waals surface area (Å²) in [6.07, 6.45) is 0.856. The first-order valence-corrected chi connectivity index (χ1v) is 9.19. The van der Waals surface area contributed by atoms with Crippen LogP contribution in [-0.2, 0) is 13.0 Å². The Morgan fingerprint density at radius 2 is 1.78 bits per heavy atom. The average Bonchev–Trinajstić information content (AvgIpc) is 3.25. The van der Waals surface area contributed by atoms with Gasteiger partial charge in [0.1, 0.15) is 0 Å². The van der Waals surface area contributed by atoms with Crippen molar-refractivity contribution in [3.8, 4) is 9.75 Å². The van der Waals surface area contributed by atoms with Crippen molar-refractivity contribution in [2.45, 2.75) is 13.0 Å². The Morgan fingerprint density at radius 1 is 0.913 bits per heavy atom. The molecule has 0 radical (unpaired) electrons. The number of rotatable bonds is 6. The van der Waals surface area contributed by atoms with Gasteiger partial charge in [-0.25, -0.2) is 4.79 Å². The van der Waals surface area contributed by atoms with Crippen molar-refractivity contribution in [2.24, 2.45) is 0 Å². The highest BCUT2D eigenvalue weighted by atomic mass is 32.1. The molecule has 3 nitrogen and oxygen atoms in total. The lowest BCUT2D eigenvalue weighted by Gasteiger charge is -2.07. The largest absolute Gasteiger partial charge is 0.338 e. The second-order valence-electron chi connectivity index (χ2n) is 5.09. The van der Waals surface area contributed by atoms with E-state index in [1.807, 2.05) is 30.3 Å². The van der Waals surface area contributed by atoms with Crippen LogP contribution in [0.3, 0.4) is 0 Å². The van der Waals surface area contributed by atoms with Crippen molar-refractivity contribution >= 4 is 28.7 Å². The molecule has 2 N–H and O–H groups in total. The van der Waals surface area contributed by atoms with E-state index in [0.717, 1.165) is 12.0 Å². The first-order chi connectivity index (χ1) is 11.3. The van der Waals surface area contributed by atoms with Crippen molar-refractivity contribution in [3.63, 3.8) is 0 Å². The molecule has 0 aliphatic heterocycles. The zero-order chi connectivity index (χ0) is 15.9. The smallest absolute Gasteiger partial charge is 0.315 e. The molecule has 0 bridgehead atoms. The standard InChI is InChI=1S/C18H18N2OS2/c21-18(20-13-14-5-2-1-3-6-14)19-11-10-15-8-9-17(23-15)16-7-4-12-22-16/h1-9,12H,10-11,13H2,(H2,19,20,21). The summed E-state index contributed by atoms with van der Waals surface area (Å²) in [4.78, 5) is 15.7. The van der Waals surface area contributed by atoms with Gasteiger partial charge in [-0.15, -0.1) is 22.7 Å². The summed E-state index contributed by atoms with van der Waals surface area (Å²) >= 11 is 3.54. The van der Waals surface area contributed by atoms with Gasteiger partial charge in [0.25, 0.3) is 0 Å². The minimum absolute atomic E-state index is 0.121. The molecule has 2 amide bonds. The van der Waals surface area contributed by atoms with Crippen LogP contribution in [0.25, 0.3) is 9.75 Å². The van der Waals surface area contributed by atoms with Crippen molar-refractivity contribution in [1.82, 2.24) is 10.6 Å². The van der Waals surface area contributed by atoms with Crippen LogP contribution in [0, 0.1) is 0 Å². The summed E-state index contributed by atoms with van der Waals surface area (Å²) in [7, 11) is 0. The SMILES string of the molecule is O=C(NCCc1ccc(-c2cccs2)s1)NCc1ccccc1. The number of urea groups is 1. The average molecular weight is 342 g/mol. The van der Waals surface area contributed by atoms with Crippen LogP contribution in [0.5, 0.6) is 0 Å². The fraction of sp³-hybridized carbons (Fsp3) is 0.167. The number of hydrogen-bond donors (Lipinski definition) is 2. The normalized spacial score (nSPS) is 10.4. The molecule has 0 unspecified atom stereocenters. The van der Waals surface area contributed by atoms with E-state index in [0.29, 0.717) is 13.1 Å². The van der Waals surface area contributed by atoms with Crippen LogP contribution in [0.1, 0.15) is 10.4 Å². The number of benzene rings is 1. The molecule has 5 heteroatoms. The molecule has 3 aromatic rings. The summed E-state index contributed by atoms with van der Waals surface area (Å²) in [5.41, 5.74) is 1.10. The third kappa shape index (κ3) is 4.68. The van der Waals surface area contributed by atoms with Crippen LogP contribution < -0.4 is 10.6 Å². The van der Waals surface area contributed by atoms with Gasteiger partial charge in [-0.2, -0.15) is 0 Å². The van der Waals surface area contributed by atoms with Gasteiger partial charge in [0.2, 0.25) is 0 Å². The molecule has 1 aromatic carbocycles. The minimum Gasteiger partial charge on any atom is -0.338 e. The maximum absolute atomic E-state index is 11.8. The molecular formula is C18H18N2OS2. The Morgan fingerprint density at radius 3 is 2.57 bits per heavy atom. The molecule has 2 aromatic heterocycles. The van der Waals surface area contributed by atoms with Gasteiger partial charge in [0, 0.05) is 27.7 Å². The van der Waals surface area contributed by atoms with E-state index in [2.05, 4.69) is 40.3 Å². The second kappa shape index (κ2) is 7.94. The fourth-order valence-corrected chi connectivity index (χ4v) is 4.05. The zero-order valence-corrected chi connectivity index (χ0v) is 14.3. The van der Waals surface area contributed by atoms with E-state index < -0.39 is 0 Å². The Hall–Kier alpha value is -2.11. The maximum atomic E-state index is 11.8. The lowest BCUT2D eigenvalue weighted by molar-refractivity contribution is 0.240. The number of thiophene rings is 2.